The molecule has 2 rings (SSSR count). The summed E-state index contributed by atoms with van der Waals surface area (Å²) in [6, 6.07) is 5.48. The van der Waals surface area contributed by atoms with Crippen molar-refractivity contribution < 1.29 is 23.8 Å². The van der Waals surface area contributed by atoms with Crippen LogP contribution < -0.4 is 9.47 Å². The van der Waals surface area contributed by atoms with Crippen LogP contribution in [0, 0.1) is 0 Å². The molecule has 0 N–H and O–H groups in total. The number of carbonyl (C=O) groups excluding carboxylic acids is 2. The zero-order valence-corrected chi connectivity index (χ0v) is 17.3. The number of rotatable bonds is 9. The number of amides is 1. The van der Waals surface area contributed by atoms with E-state index in [4.69, 9.17) is 21.7 Å². The number of hydrogen-bond acceptors (Lipinski definition) is 7. The van der Waals surface area contributed by atoms with Crippen molar-refractivity contribution in [1.82, 2.24) is 4.90 Å². The molecule has 1 amide bonds. The highest BCUT2D eigenvalue weighted by molar-refractivity contribution is 8.26. The zero-order valence-electron chi connectivity index (χ0n) is 15.6. The van der Waals surface area contributed by atoms with E-state index in [9.17, 15) is 9.59 Å². The fraction of sp³-hybridized carbons (Fsp3) is 0.421. The minimum Gasteiger partial charge on any atom is -0.493 e. The lowest BCUT2D eigenvalue weighted by Gasteiger charge is -2.13. The van der Waals surface area contributed by atoms with Crippen LogP contribution in [-0.4, -0.2) is 49.0 Å². The lowest BCUT2D eigenvalue weighted by molar-refractivity contribution is -0.140. The highest BCUT2D eigenvalue weighted by Crippen LogP contribution is 2.34. The summed E-state index contributed by atoms with van der Waals surface area (Å²) in [5.74, 6) is 0.938. The smallest absolute Gasteiger partial charge is 0.305 e. The average Bonchev–Trinajstić information content (AvgIpc) is 2.94. The van der Waals surface area contributed by atoms with Gasteiger partial charge in [-0.3, -0.25) is 14.5 Å². The van der Waals surface area contributed by atoms with Crippen molar-refractivity contribution in [1.29, 1.82) is 0 Å². The highest BCUT2D eigenvalue weighted by Gasteiger charge is 2.31. The summed E-state index contributed by atoms with van der Waals surface area (Å²) in [7, 11) is 4.53. The van der Waals surface area contributed by atoms with Crippen molar-refractivity contribution >= 4 is 46.3 Å². The quantitative estimate of drug-likeness (QED) is 0.267. The van der Waals surface area contributed by atoms with Crippen molar-refractivity contribution in [2.45, 2.75) is 25.7 Å². The first-order valence-corrected chi connectivity index (χ1v) is 9.76. The Hall–Kier alpha value is -2.06. The summed E-state index contributed by atoms with van der Waals surface area (Å²) in [6.45, 7) is 0.551. The van der Waals surface area contributed by atoms with Gasteiger partial charge in [-0.1, -0.05) is 36.5 Å². The molecule has 0 radical (unpaired) electrons. The lowest BCUT2D eigenvalue weighted by Crippen LogP contribution is -2.29. The molecule has 146 valence electrons. The van der Waals surface area contributed by atoms with Crippen LogP contribution in [0.1, 0.15) is 31.2 Å². The van der Waals surface area contributed by atoms with E-state index in [0.29, 0.717) is 33.7 Å². The number of carbonyl (C=O) groups is 2. The molecular weight excluding hydrogens is 386 g/mol. The molecule has 1 aromatic rings. The van der Waals surface area contributed by atoms with Crippen LogP contribution in [0.25, 0.3) is 6.08 Å². The SMILES string of the molecule is COC(=O)CCCCCN1C(=O)C(=Cc2ccc(OC)c(OC)c2)SC1=S. The summed E-state index contributed by atoms with van der Waals surface area (Å²) in [4.78, 5) is 25.9. The first kappa shape index (κ1) is 21.2. The number of hydrogen-bond donors (Lipinski definition) is 0. The Morgan fingerprint density at radius 1 is 1.15 bits per heavy atom. The van der Waals surface area contributed by atoms with E-state index in [1.165, 1.54) is 18.9 Å². The number of unbranched alkanes of at least 4 members (excludes halogenated alkanes) is 2. The van der Waals surface area contributed by atoms with Gasteiger partial charge in [0.1, 0.15) is 4.32 Å². The Morgan fingerprint density at radius 3 is 2.56 bits per heavy atom. The maximum atomic E-state index is 12.6. The number of methoxy groups -OCH3 is 3. The number of ether oxygens (including phenoxy) is 3. The Bertz CT molecular complexity index is 748. The molecule has 1 aromatic carbocycles. The van der Waals surface area contributed by atoms with Gasteiger partial charge < -0.3 is 14.2 Å². The van der Waals surface area contributed by atoms with Gasteiger partial charge >= 0.3 is 5.97 Å². The maximum absolute atomic E-state index is 12.6. The first-order valence-electron chi connectivity index (χ1n) is 8.54. The molecule has 0 atom stereocenters. The maximum Gasteiger partial charge on any atom is 0.305 e. The second-order valence-corrected chi connectivity index (χ2v) is 7.51. The Labute approximate surface area is 168 Å². The monoisotopic (exact) mass is 409 g/mol. The first-order chi connectivity index (χ1) is 13.0. The lowest BCUT2D eigenvalue weighted by atomic mass is 10.1. The molecule has 1 saturated heterocycles. The summed E-state index contributed by atoms with van der Waals surface area (Å²) in [6.07, 6.45) is 4.56. The topological polar surface area (TPSA) is 65.1 Å². The largest absolute Gasteiger partial charge is 0.493 e. The number of benzene rings is 1. The van der Waals surface area contributed by atoms with Crippen molar-refractivity contribution in [3.05, 3.63) is 28.7 Å². The van der Waals surface area contributed by atoms with Gasteiger partial charge in [-0.05, 0) is 36.6 Å². The van der Waals surface area contributed by atoms with E-state index in [1.807, 2.05) is 12.1 Å². The van der Waals surface area contributed by atoms with Crippen LogP contribution in [0.2, 0.25) is 0 Å². The standard InChI is InChI=1S/C19H23NO5S2/c1-23-14-9-8-13(11-15(14)24-2)12-16-18(22)20(19(26)27-16)10-6-4-5-7-17(21)25-3/h8-9,11-12H,4-7,10H2,1-3H3. The van der Waals surface area contributed by atoms with Crippen LogP contribution in [0.5, 0.6) is 11.5 Å². The third-order valence-corrected chi connectivity index (χ3v) is 5.45. The molecule has 1 fully saturated rings. The van der Waals surface area contributed by atoms with Crippen molar-refractivity contribution in [3.63, 3.8) is 0 Å². The van der Waals surface area contributed by atoms with E-state index in [1.54, 1.807) is 31.3 Å². The fourth-order valence-corrected chi connectivity index (χ4v) is 3.91. The van der Waals surface area contributed by atoms with Gasteiger partial charge in [-0.25, -0.2) is 0 Å². The molecule has 27 heavy (non-hydrogen) atoms. The summed E-state index contributed by atoms with van der Waals surface area (Å²) in [5.41, 5.74) is 0.839. The van der Waals surface area contributed by atoms with Gasteiger partial charge in [0, 0.05) is 13.0 Å². The van der Waals surface area contributed by atoms with Crippen molar-refractivity contribution in [3.8, 4) is 11.5 Å². The number of nitrogens with zero attached hydrogens (tertiary/aromatic N) is 1. The van der Waals surface area contributed by atoms with Crippen LogP contribution in [0.15, 0.2) is 23.1 Å². The third kappa shape index (κ3) is 5.71. The van der Waals surface area contributed by atoms with Crippen molar-refractivity contribution in [2.24, 2.45) is 0 Å². The van der Waals surface area contributed by atoms with Gasteiger partial charge in [0.05, 0.1) is 26.2 Å². The van der Waals surface area contributed by atoms with Gasteiger partial charge in [-0.2, -0.15) is 0 Å². The van der Waals surface area contributed by atoms with Crippen LogP contribution in [0.4, 0.5) is 0 Å². The molecule has 1 aliphatic heterocycles. The van der Waals surface area contributed by atoms with E-state index >= 15 is 0 Å². The van der Waals surface area contributed by atoms with Gasteiger partial charge in [0.2, 0.25) is 0 Å². The molecule has 6 nitrogen and oxygen atoms in total. The normalized spacial score (nSPS) is 15.4. The zero-order chi connectivity index (χ0) is 19.8. The Kier molecular flexibility index (Phi) is 8.12. The molecule has 0 aromatic heterocycles. The highest BCUT2D eigenvalue weighted by atomic mass is 32.2. The summed E-state index contributed by atoms with van der Waals surface area (Å²) >= 11 is 6.64. The predicted octanol–water partition coefficient (Wildman–Crippen LogP) is 3.64. The second kappa shape index (κ2) is 10.3. The summed E-state index contributed by atoms with van der Waals surface area (Å²) < 4.78 is 15.7. The molecule has 0 spiro atoms. The average molecular weight is 410 g/mol. The molecule has 0 unspecified atom stereocenters. The van der Waals surface area contributed by atoms with E-state index in [2.05, 4.69) is 4.74 Å². The molecule has 1 aliphatic rings. The van der Waals surface area contributed by atoms with E-state index < -0.39 is 0 Å². The molecule has 8 heteroatoms. The molecular formula is C19H23NO5S2. The van der Waals surface area contributed by atoms with E-state index in [-0.39, 0.29) is 11.9 Å². The number of thioether (sulfide) groups is 1. The minimum absolute atomic E-state index is 0.0900. The Morgan fingerprint density at radius 2 is 1.89 bits per heavy atom. The molecule has 0 aliphatic carbocycles. The van der Waals surface area contributed by atoms with Gasteiger partial charge in [0.25, 0.3) is 5.91 Å². The van der Waals surface area contributed by atoms with Gasteiger partial charge in [0.15, 0.2) is 11.5 Å². The Balaban J connectivity index is 1.96. The molecule has 0 bridgehead atoms. The van der Waals surface area contributed by atoms with Crippen LogP contribution in [-0.2, 0) is 14.3 Å². The third-order valence-electron chi connectivity index (χ3n) is 4.07. The second-order valence-electron chi connectivity index (χ2n) is 5.83. The summed E-state index contributed by atoms with van der Waals surface area (Å²) in [5, 5.41) is 0. The minimum atomic E-state index is -0.210. The van der Waals surface area contributed by atoms with Crippen LogP contribution >= 0.6 is 24.0 Å². The predicted molar refractivity (Wildman–Crippen MR) is 110 cm³/mol. The molecule has 0 saturated carbocycles. The van der Waals surface area contributed by atoms with Crippen molar-refractivity contribution in [2.75, 3.05) is 27.9 Å². The van der Waals surface area contributed by atoms with Gasteiger partial charge in [-0.15, -0.1) is 0 Å². The number of thiocarbonyl (C=S) groups is 1. The number of esters is 1. The van der Waals surface area contributed by atoms with E-state index in [0.717, 1.165) is 24.8 Å². The van der Waals surface area contributed by atoms with Crippen LogP contribution in [0.3, 0.4) is 0 Å². The molecule has 1 heterocycles. The fourth-order valence-electron chi connectivity index (χ4n) is 2.60.